The van der Waals surface area contributed by atoms with Gasteiger partial charge >= 0.3 is 11.9 Å². The summed E-state index contributed by atoms with van der Waals surface area (Å²) in [5.74, 6) is 0.448. The minimum Gasteiger partial charge on any atom is -0.462 e. The molecule has 0 aromatic heterocycles. The van der Waals surface area contributed by atoms with Gasteiger partial charge in [0.05, 0.1) is 7.11 Å². The van der Waals surface area contributed by atoms with Crippen molar-refractivity contribution in [2.75, 3.05) is 31.7 Å². The number of amides is 1. The summed E-state index contributed by atoms with van der Waals surface area (Å²) < 4.78 is 4.36. The van der Waals surface area contributed by atoms with Crippen LogP contribution in [0.3, 0.4) is 0 Å². The molecule has 1 amide bonds. The fraction of sp³-hybridized carbons (Fsp3) is 0.714. The predicted octanol–water partition coefficient (Wildman–Crippen LogP) is 0.383. The highest BCUT2D eigenvalue weighted by molar-refractivity contribution is 8.76. The van der Waals surface area contributed by atoms with Crippen molar-refractivity contribution in [1.82, 2.24) is 4.90 Å². The van der Waals surface area contributed by atoms with Crippen LogP contribution in [0.4, 0.5) is 0 Å². The number of methoxy groups -OCH3 is 1. The van der Waals surface area contributed by atoms with Crippen molar-refractivity contribution in [2.45, 2.75) is 0 Å². The Balaban J connectivity index is 2.48. The summed E-state index contributed by atoms with van der Waals surface area (Å²) in [6.07, 6.45) is 0. The lowest BCUT2D eigenvalue weighted by molar-refractivity contribution is -0.157. The molecule has 0 unspecified atom stereocenters. The SMILES string of the molecule is COC(=O)C(=O)N1CCSSCC1. The highest BCUT2D eigenvalue weighted by Gasteiger charge is 2.23. The summed E-state index contributed by atoms with van der Waals surface area (Å²) >= 11 is 0. The molecule has 1 aliphatic rings. The summed E-state index contributed by atoms with van der Waals surface area (Å²) in [6, 6.07) is 0. The lowest BCUT2D eigenvalue weighted by Crippen LogP contribution is -2.39. The third kappa shape index (κ3) is 3.11. The molecule has 1 rings (SSSR count). The monoisotopic (exact) mass is 221 g/mol. The molecule has 1 saturated heterocycles. The molecule has 0 aliphatic carbocycles. The standard InChI is InChI=1S/C7H11NO3S2/c1-11-7(10)6(9)8-2-4-12-13-5-3-8/h2-5H2,1H3. The van der Waals surface area contributed by atoms with E-state index in [0.717, 1.165) is 11.5 Å². The first-order chi connectivity index (χ1) is 6.25. The minimum absolute atomic E-state index is 0.523. The van der Waals surface area contributed by atoms with Crippen LogP contribution in [0, 0.1) is 0 Å². The van der Waals surface area contributed by atoms with E-state index >= 15 is 0 Å². The molecule has 1 heterocycles. The van der Waals surface area contributed by atoms with Gasteiger partial charge in [-0.05, 0) is 0 Å². The molecule has 0 N–H and O–H groups in total. The van der Waals surface area contributed by atoms with Crippen molar-refractivity contribution in [3.63, 3.8) is 0 Å². The van der Waals surface area contributed by atoms with Gasteiger partial charge in [-0.25, -0.2) is 4.79 Å². The average Bonchev–Trinajstić information content (AvgIpc) is 2.43. The molecule has 0 radical (unpaired) electrons. The highest BCUT2D eigenvalue weighted by Crippen LogP contribution is 2.23. The van der Waals surface area contributed by atoms with Crippen LogP contribution in [0.25, 0.3) is 0 Å². The number of esters is 1. The van der Waals surface area contributed by atoms with Gasteiger partial charge < -0.3 is 9.64 Å². The van der Waals surface area contributed by atoms with Crippen LogP contribution in [-0.2, 0) is 14.3 Å². The van der Waals surface area contributed by atoms with Gasteiger partial charge in [-0.1, -0.05) is 21.6 Å². The van der Waals surface area contributed by atoms with Crippen LogP contribution in [0.1, 0.15) is 0 Å². The van der Waals surface area contributed by atoms with Crippen molar-refractivity contribution < 1.29 is 14.3 Å². The summed E-state index contributed by atoms with van der Waals surface area (Å²) in [5, 5.41) is 0. The Morgan fingerprint density at radius 3 is 2.23 bits per heavy atom. The molecule has 0 aromatic rings. The van der Waals surface area contributed by atoms with E-state index < -0.39 is 11.9 Å². The van der Waals surface area contributed by atoms with Gasteiger partial charge in [0.25, 0.3) is 0 Å². The van der Waals surface area contributed by atoms with Crippen LogP contribution in [0.15, 0.2) is 0 Å². The van der Waals surface area contributed by atoms with E-state index in [4.69, 9.17) is 0 Å². The molecule has 0 aromatic carbocycles. The second-order valence-electron chi connectivity index (χ2n) is 2.43. The van der Waals surface area contributed by atoms with Gasteiger partial charge in [0.15, 0.2) is 0 Å². The molecule has 74 valence electrons. The Morgan fingerprint density at radius 1 is 1.23 bits per heavy atom. The van der Waals surface area contributed by atoms with E-state index in [-0.39, 0.29) is 0 Å². The zero-order chi connectivity index (χ0) is 9.68. The third-order valence-corrected chi connectivity index (χ3v) is 3.98. The Kier molecular flexibility index (Phi) is 4.44. The van der Waals surface area contributed by atoms with E-state index in [1.54, 1.807) is 26.5 Å². The van der Waals surface area contributed by atoms with Gasteiger partial charge in [0.1, 0.15) is 0 Å². The molecular weight excluding hydrogens is 210 g/mol. The predicted molar refractivity (Wildman–Crippen MR) is 53.5 cm³/mol. The molecule has 0 bridgehead atoms. The number of carbonyl (C=O) groups excluding carboxylic acids is 2. The zero-order valence-corrected chi connectivity index (χ0v) is 8.95. The van der Waals surface area contributed by atoms with Gasteiger partial charge in [-0.2, -0.15) is 0 Å². The maximum atomic E-state index is 11.3. The molecule has 13 heavy (non-hydrogen) atoms. The molecule has 0 atom stereocenters. The fourth-order valence-corrected chi connectivity index (χ4v) is 2.92. The van der Waals surface area contributed by atoms with Crippen molar-refractivity contribution in [3.05, 3.63) is 0 Å². The lowest BCUT2D eigenvalue weighted by Gasteiger charge is -2.17. The Bertz CT molecular complexity index is 202. The van der Waals surface area contributed by atoms with Crippen LogP contribution >= 0.6 is 21.6 Å². The minimum atomic E-state index is -0.767. The zero-order valence-electron chi connectivity index (χ0n) is 7.32. The summed E-state index contributed by atoms with van der Waals surface area (Å²) in [7, 11) is 4.68. The van der Waals surface area contributed by atoms with E-state index in [0.29, 0.717) is 13.1 Å². The molecular formula is C7H11NO3S2. The summed E-state index contributed by atoms with van der Waals surface area (Å²) in [6.45, 7) is 1.26. The molecule has 4 nitrogen and oxygen atoms in total. The second kappa shape index (κ2) is 5.39. The van der Waals surface area contributed by atoms with Gasteiger partial charge in [-0.15, -0.1) is 0 Å². The van der Waals surface area contributed by atoms with E-state index in [2.05, 4.69) is 4.74 Å². The topological polar surface area (TPSA) is 46.6 Å². The van der Waals surface area contributed by atoms with Crippen molar-refractivity contribution >= 4 is 33.5 Å². The van der Waals surface area contributed by atoms with E-state index in [1.165, 1.54) is 7.11 Å². The van der Waals surface area contributed by atoms with Crippen LogP contribution in [0.2, 0.25) is 0 Å². The van der Waals surface area contributed by atoms with E-state index in [1.807, 2.05) is 0 Å². The van der Waals surface area contributed by atoms with Gasteiger partial charge in [0.2, 0.25) is 0 Å². The smallest absolute Gasteiger partial charge is 0.396 e. The molecule has 1 fully saturated rings. The van der Waals surface area contributed by atoms with Crippen molar-refractivity contribution in [2.24, 2.45) is 0 Å². The van der Waals surface area contributed by atoms with Gasteiger partial charge in [-0.3, -0.25) is 4.79 Å². The van der Waals surface area contributed by atoms with Crippen molar-refractivity contribution in [3.8, 4) is 0 Å². The number of hydrogen-bond donors (Lipinski definition) is 0. The van der Waals surface area contributed by atoms with Gasteiger partial charge in [0, 0.05) is 24.6 Å². The second-order valence-corrected chi connectivity index (χ2v) is 5.13. The normalized spacial score (nSPS) is 17.8. The Labute approximate surface area is 84.8 Å². The molecule has 0 saturated carbocycles. The summed E-state index contributed by atoms with van der Waals surface area (Å²) in [4.78, 5) is 23.8. The first-order valence-electron chi connectivity index (χ1n) is 3.87. The number of rotatable bonds is 0. The first-order valence-corrected chi connectivity index (χ1v) is 6.36. The third-order valence-electron chi connectivity index (χ3n) is 1.62. The number of ether oxygens (including phenoxy) is 1. The highest BCUT2D eigenvalue weighted by atomic mass is 33.1. The quantitative estimate of drug-likeness (QED) is 0.336. The average molecular weight is 221 g/mol. The lowest BCUT2D eigenvalue weighted by atomic mass is 10.4. The fourth-order valence-electron chi connectivity index (χ4n) is 0.944. The number of hydrogen-bond acceptors (Lipinski definition) is 5. The molecule has 6 heteroatoms. The Hall–Kier alpha value is -0.360. The number of nitrogens with zero attached hydrogens (tertiary/aromatic N) is 1. The largest absolute Gasteiger partial charge is 0.462 e. The van der Waals surface area contributed by atoms with Crippen molar-refractivity contribution in [1.29, 1.82) is 0 Å². The first kappa shape index (κ1) is 10.7. The molecule has 1 aliphatic heterocycles. The maximum absolute atomic E-state index is 11.3. The van der Waals surface area contributed by atoms with Crippen LogP contribution in [0.5, 0.6) is 0 Å². The van der Waals surface area contributed by atoms with Crippen LogP contribution < -0.4 is 0 Å². The summed E-state index contributed by atoms with van der Waals surface area (Å²) in [5.41, 5.74) is 0. The van der Waals surface area contributed by atoms with E-state index in [9.17, 15) is 9.59 Å². The van der Waals surface area contributed by atoms with Crippen LogP contribution in [-0.4, -0.2) is 48.5 Å². The molecule has 0 spiro atoms. The Morgan fingerprint density at radius 2 is 1.77 bits per heavy atom. The number of carbonyl (C=O) groups is 2. The maximum Gasteiger partial charge on any atom is 0.396 e.